The number of anilines is 1. The number of nitrogens with two attached hydrogens (primary N) is 1. The van der Waals surface area contributed by atoms with Crippen molar-refractivity contribution < 1.29 is 4.74 Å². The zero-order chi connectivity index (χ0) is 13.4. The summed E-state index contributed by atoms with van der Waals surface area (Å²) in [5.41, 5.74) is 8.03. The number of hydrogen-bond acceptors (Lipinski definition) is 3. The highest BCUT2D eigenvalue weighted by molar-refractivity contribution is 14.0. The predicted molar refractivity (Wildman–Crippen MR) is 91.4 cm³/mol. The van der Waals surface area contributed by atoms with Gasteiger partial charge in [0.2, 0.25) is 0 Å². The lowest BCUT2D eigenvalue weighted by molar-refractivity contribution is 0.204. The Morgan fingerprint density at radius 2 is 2.16 bits per heavy atom. The maximum Gasteiger partial charge on any atom is 0.188 e. The molecule has 0 fully saturated rings. The Hall–Kier alpha value is -1.02. The van der Waals surface area contributed by atoms with E-state index in [9.17, 15) is 0 Å². The van der Waals surface area contributed by atoms with Crippen LogP contribution in [0.4, 0.5) is 5.69 Å². The van der Waals surface area contributed by atoms with Gasteiger partial charge in [-0.25, -0.2) is 4.99 Å². The Bertz CT molecular complexity index is 396. The zero-order valence-corrected chi connectivity index (χ0v) is 14.0. The molecule has 0 aliphatic carbocycles. The summed E-state index contributed by atoms with van der Waals surface area (Å²) in [5, 5.41) is 2.98. The fraction of sp³-hybridized carbons (Fsp3) is 0.462. The molecule has 0 saturated carbocycles. The van der Waals surface area contributed by atoms with Crippen molar-refractivity contribution in [3.8, 4) is 0 Å². The molecule has 0 spiro atoms. The molecule has 0 aliphatic rings. The highest BCUT2D eigenvalue weighted by atomic mass is 127. The lowest BCUT2D eigenvalue weighted by atomic mass is 10.2. The molecule has 0 amide bonds. The minimum atomic E-state index is 0. The average Bonchev–Trinajstić information content (AvgIpc) is 2.37. The molecule has 0 unspecified atom stereocenters. The van der Waals surface area contributed by atoms with E-state index in [0.29, 0.717) is 25.7 Å². The molecule has 0 atom stereocenters. The van der Waals surface area contributed by atoms with Crippen molar-refractivity contribution in [2.24, 2.45) is 10.7 Å². The number of ether oxygens (including phenoxy) is 1. The van der Waals surface area contributed by atoms with Gasteiger partial charge in [-0.05, 0) is 17.7 Å². The summed E-state index contributed by atoms with van der Waals surface area (Å²) in [6.07, 6.45) is 0. The van der Waals surface area contributed by atoms with Gasteiger partial charge in [-0.2, -0.15) is 0 Å². The van der Waals surface area contributed by atoms with Crippen molar-refractivity contribution >= 4 is 35.6 Å². The van der Waals surface area contributed by atoms with Crippen LogP contribution in [-0.4, -0.2) is 40.3 Å². The smallest absolute Gasteiger partial charge is 0.188 e. The van der Waals surface area contributed by atoms with Crippen LogP contribution in [0, 0.1) is 0 Å². The normalized spacial score (nSPS) is 10.8. The minimum Gasteiger partial charge on any atom is -0.383 e. The number of nitrogens with one attached hydrogen (secondary N) is 1. The quantitative estimate of drug-likeness (QED) is 0.340. The SMILES string of the molecule is COCCNC(N)=NCc1cccc(N(C)C)c1.I. The van der Waals surface area contributed by atoms with Gasteiger partial charge in [0.25, 0.3) is 0 Å². The Labute approximate surface area is 132 Å². The molecule has 0 aromatic heterocycles. The topological polar surface area (TPSA) is 62.9 Å². The number of halogens is 1. The first kappa shape index (κ1) is 18.0. The van der Waals surface area contributed by atoms with Crippen molar-refractivity contribution in [2.75, 3.05) is 39.3 Å². The largest absolute Gasteiger partial charge is 0.383 e. The second kappa shape index (κ2) is 9.85. The first-order chi connectivity index (χ1) is 8.63. The first-order valence-corrected chi connectivity index (χ1v) is 5.92. The van der Waals surface area contributed by atoms with Gasteiger partial charge in [0, 0.05) is 33.4 Å². The molecule has 0 heterocycles. The molecule has 19 heavy (non-hydrogen) atoms. The molecular formula is C13H23IN4O. The molecule has 3 N–H and O–H groups in total. The van der Waals surface area contributed by atoms with E-state index in [4.69, 9.17) is 10.5 Å². The standard InChI is InChI=1S/C13H22N4O.HI/c1-17(2)12-6-4-5-11(9-12)10-16-13(14)15-7-8-18-3;/h4-6,9H,7-8,10H2,1-3H3,(H3,14,15,16);1H. The average molecular weight is 378 g/mol. The number of methoxy groups -OCH3 is 1. The van der Waals surface area contributed by atoms with Gasteiger partial charge < -0.3 is 20.7 Å². The van der Waals surface area contributed by atoms with Gasteiger partial charge in [0.15, 0.2) is 5.96 Å². The zero-order valence-electron chi connectivity index (χ0n) is 11.7. The Balaban J connectivity index is 0.00000324. The van der Waals surface area contributed by atoms with Crippen molar-refractivity contribution in [2.45, 2.75) is 6.54 Å². The molecule has 0 aliphatic heterocycles. The summed E-state index contributed by atoms with van der Waals surface area (Å²) >= 11 is 0. The Morgan fingerprint density at radius 1 is 1.42 bits per heavy atom. The van der Waals surface area contributed by atoms with E-state index in [0.717, 1.165) is 11.3 Å². The molecule has 1 aromatic rings. The number of rotatable bonds is 6. The highest BCUT2D eigenvalue weighted by Crippen LogP contribution is 2.13. The Morgan fingerprint density at radius 3 is 2.79 bits per heavy atom. The summed E-state index contributed by atoms with van der Waals surface area (Å²) in [7, 11) is 5.69. The molecule has 0 saturated heterocycles. The summed E-state index contributed by atoms with van der Waals surface area (Å²) in [4.78, 5) is 6.34. The highest BCUT2D eigenvalue weighted by Gasteiger charge is 1.97. The van der Waals surface area contributed by atoms with Crippen LogP contribution in [0.3, 0.4) is 0 Å². The second-order valence-corrected chi connectivity index (χ2v) is 4.19. The molecule has 108 valence electrons. The van der Waals surface area contributed by atoms with E-state index in [2.05, 4.69) is 27.3 Å². The summed E-state index contributed by atoms with van der Waals surface area (Å²) in [5.74, 6) is 0.447. The van der Waals surface area contributed by atoms with E-state index in [1.54, 1.807) is 7.11 Å². The number of aliphatic imine (C=N–C) groups is 1. The van der Waals surface area contributed by atoms with Crippen molar-refractivity contribution in [1.82, 2.24) is 5.32 Å². The fourth-order valence-electron chi connectivity index (χ4n) is 1.45. The van der Waals surface area contributed by atoms with Crippen LogP contribution in [0.25, 0.3) is 0 Å². The number of hydrogen-bond donors (Lipinski definition) is 2. The maximum absolute atomic E-state index is 5.73. The van der Waals surface area contributed by atoms with Crippen molar-refractivity contribution in [3.63, 3.8) is 0 Å². The van der Waals surface area contributed by atoms with Crippen LogP contribution in [0.15, 0.2) is 29.3 Å². The number of guanidine groups is 1. The van der Waals surface area contributed by atoms with Gasteiger partial charge in [0.05, 0.1) is 13.2 Å². The third-order valence-corrected chi connectivity index (χ3v) is 2.47. The molecule has 0 radical (unpaired) electrons. The van der Waals surface area contributed by atoms with E-state index >= 15 is 0 Å². The molecule has 1 aromatic carbocycles. The van der Waals surface area contributed by atoms with E-state index in [-0.39, 0.29) is 24.0 Å². The molecule has 1 rings (SSSR count). The van der Waals surface area contributed by atoms with E-state index in [1.807, 2.05) is 26.2 Å². The van der Waals surface area contributed by atoms with Crippen LogP contribution in [0.2, 0.25) is 0 Å². The van der Waals surface area contributed by atoms with Gasteiger partial charge >= 0.3 is 0 Å². The van der Waals surface area contributed by atoms with E-state index in [1.165, 1.54) is 0 Å². The van der Waals surface area contributed by atoms with Crippen LogP contribution >= 0.6 is 24.0 Å². The predicted octanol–water partition coefficient (Wildman–Crippen LogP) is 1.42. The molecule has 0 bridgehead atoms. The molecule has 6 heteroatoms. The summed E-state index contributed by atoms with van der Waals surface area (Å²) < 4.78 is 4.92. The maximum atomic E-state index is 5.73. The summed E-state index contributed by atoms with van der Waals surface area (Å²) in [6.45, 7) is 1.86. The third-order valence-electron chi connectivity index (χ3n) is 2.47. The van der Waals surface area contributed by atoms with Crippen LogP contribution in [0.1, 0.15) is 5.56 Å². The third kappa shape index (κ3) is 7.22. The summed E-state index contributed by atoms with van der Waals surface area (Å²) in [6, 6.07) is 8.23. The van der Waals surface area contributed by atoms with Crippen molar-refractivity contribution in [1.29, 1.82) is 0 Å². The van der Waals surface area contributed by atoms with Crippen LogP contribution in [-0.2, 0) is 11.3 Å². The monoisotopic (exact) mass is 378 g/mol. The van der Waals surface area contributed by atoms with Gasteiger partial charge in [0.1, 0.15) is 0 Å². The van der Waals surface area contributed by atoms with Gasteiger partial charge in [-0.1, -0.05) is 12.1 Å². The van der Waals surface area contributed by atoms with Gasteiger partial charge in [-0.15, -0.1) is 24.0 Å². The van der Waals surface area contributed by atoms with Crippen LogP contribution < -0.4 is 16.0 Å². The molecular weight excluding hydrogens is 355 g/mol. The number of nitrogens with zero attached hydrogens (tertiary/aromatic N) is 2. The van der Waals surface area contributed by atoms with Crippen LogP contribution in [0.5, 0.6) is 0 Å². The van der Waals surface area contributed by atoms with Gasteiger partial charge in [-0.3, -0.25) is 0 Å². The fourth-order valence-corrected chi connectivity index (χ4v) is 1.45. The lowest BCUT2D eigenvalue weighted by Crippen LogP contribution is -2.34. The molecule has 5 nitrogen and oxygen atoms in total. The van der Waals surface area contributed by atoms with Crippen molar-refractivity contribution in [3.05, 3.63) is 29.8 Å². The lowest BCUT2D eigenvalue weighted by Gasteiger charge is -2.13. The Kier molecular flexibility index (Phi) is 9.32. The minimum absolute atomic E-state index is 0. The number of benzene rings is 1. The first-order valence-electron chi connectivity index (χ1n) is 5.92. The second-order valence-electron chi connectivity index (χ2n) is 4.19. The van der Waals surface area contributed by atoms with E-state index < -0.39 is 0 Å².